The Morgan fingerprint density at radius 2 is 1.95 bits per heavy atom. The molecule has 19 heavy (non-hydrogen) atoms. The second-order valence-corrected chi connectivity index (χ2v) is 4.39. The molecular formula is C16H19N2O+. The molecule has 1 N–H and O–H groups in total. The quantitative estimate of drug-likeness (QED) is 0.837. The van der Waals surface area contributed by atoms with Crippen molar-refractivity contribution in [2.75, 3.05) is 5.32 Å². The largest absolute Gasteiger partial charge is 0.322 e. The molecule has 0 atom stereocenters. The molecule has 1 amide bonds. The number of aromatic nitrogens is 1. The van der Waals surface area contributed by atoms with E-state index in [1.54, 1.807) is 0 Å². The lowest BCUT2D eigenvalue weighted by atomic mass is 10.1. The maximum atomic E-state index is 12.2. The van der Waals surface area contributed by atoms with Crippen LogP contribution in [0.15, 0.2) is 48.8 Å². The van der Waals surface area contributed by atoms with Crippen LogP contribution in [0.5, 0.6) is 0 Å². The molecule has 0 unspecified atom stereocenters. The number of hydrogen-bond acceptors (Lipinski definition) is 1. The van der Waals surface area contributed by atoms with Crippen LogP contribution in [0.2, 0.25) is 0 Å². The van der Waals surface area contributed by atoms with Crippen molar-refractivity contribution in [1.29, 1.82) is 0 Å². The number of amides is 1. The van der Waals surface area contributed by atoms with Crippen molar-refractivity contribution in [3.63, 3.8) is 0 Å². The van der Waals surface area contributed by atoms with Crippen LogP contribution < -0.4 is 9.88 Å². The van der Waals surface area contributed by atoms with Crippen molar-refractivity contribution in [2.45, 2.75) is 26.8 Å². The van der Waals surface area contributed by atoms with Crippen LogP contribution in [0.4, 0.5) is 5.69 Å². The molecule has 0 saturated carbocycles. The number of nitrogens with one attached hydrogen (secondary N) is 1. The molecule has 98 valence electrons. The van der Waals surface area contributed by atoms with Gasteiger partial charge in [0.1, 0.15) is 12.1 Å². The number of pyridine rings is 1. The number of nitrogens with zero attached hydrogens (tertiary/aromatic N) is 1. The molecular weight excluding hydrogens is 236 g/mol. The molecule has 1 heterocycles. The van der Waals surface area contributed by atoms with Gasteiger partial charge < -0.3 is 5.32 Å². The summed E-state index contributed by atoms with van der Waals surface area (Å²) < 4.78 is 1.99. The van der Waals surface area contributed by atoms with Crippen LogP contribution >= 0.6 is 0 Å². The minimum atomic E-state index is -0.0660. The van der Waals surface area contributed by atoms with E-state index in [1.807, 2.05) is 60.3 Å². The Hall–Kier alpha value is -2.16. The van der Waals surface area contributed by atoms with Gasteiger partial charge in [0, 0.05) is 11.8 Å². The first-order valence-electron chi connectivity index (χ1n) is 6.63. The lowest BCUT2D eigenvalue weighted by molar-refractivity contribution is -0.693. The Balaban J connectivity index is 2.20. The summed E-state index contributed by atoms with van der Waals surface area (Å²) in [7, 11) is 0. The number of carbonyl (C=O) groups excluding carboxylic acids is 1. The third-order valence-corrected chi connectivity index (χ3v) is 3.13. The topological polar surface area (TPSA) is 33.0 Å². The fourth-order valence-corrected chi connectivity index (χ4v) is 2.00. The average molecular weight is 255 g/mol. The summed E-state index contributed by atoms with van der Waals surface area (Å²) in [5.41, 5.74) is 2.72. The molecule has 0 saturated heterocycles. The number of para-hydroxylation sites is 1. The van der Waals surface area contributed by atoms with Gasteiger partial charge in [-0.2, -0.15) is 0 Å². The van der Waals surface area contributed by atoms with Gasteiger partial charge in [-0.05, 0) is 31.0 Å². The molecule has 2 aromatic rings. The molecule has 1 aromatic carbocycles. The molecule has 0 fully saturated rings. The van der Waals surface area contributed by atoms with Gasteiger partial charge in [-0.15, -0.1) is 0 Å². The number of rotatable bonds is 4. The highest BCUT2D eigenvalue weighted by molar-refractivity contribution is 6.04. The summed E-state index contributed by atoms with van der Waals surface area (Å²) in [6.45, 7) is 4.99. The van der Waals surface area contributed by atoms with Gasteiger partial charge in [-0.3, -0.25) is 4.79 Å². The van der Waals surface area contributed by atoms with Crippen molar-refractivity contribution in [3.05, 3.63) is 59.9 Å². The van der Waals surface area contributed by atoms with Crippen molar-refractivity contribution in [1.82, 2.24) is 0 Å². The Labute approximate surface area is 113 Å². The van der Waals surface area contributed by atoms with E-state index >= 15 is 0 Å². The first kappa shape index (κ1) is 13.3. The van der Waals surface area contributed by atoms with E-state index in [0.717, 1.165) is 24.2 Å². The van der Waals surface area contributed by atoms with Crippen molar-refractivity contribution in [3.8, 4) is 0 Å². The Kier molecular flexibility index (Phi) is 4.29. The molecule has 0 radical (unpaired) electrons. The maximum Gasteiger partial charge on any atom is 0.261 e. The third kappa shape index (κ3) is 3.19. The average Bonchev–Trinajstić information content (AvgIpc) is 2.47. The highest BCUT2D eigenvalue weighted by Crippen LogP contribution is 2.16. The fraction of sp³-hybridized carbons (Fsp3) is 0.250. The molecule has 0 aliphatic rings. The van der Waals surface area contributed by atoms with Gasteiger partial charge in [-0.1, -0.05) is 25.1 Å². The predicted octanol–water partition coefficient (Wildman–Crippen LogP) is 2.81. The van der Waals surface area contributed by atoms with E-state index in [9.17, 15) is 4.79 Å². The second kappa shape index (κ2) is 6.14. The molecule has 3 heteroatoms. The van der Waals surface area contributed by atoms with Crippen LogP contribution in [0.1, 0.15) is 29.8 Å². The summed E-state index contributed by atoms with van der Waals surface area (Å²) in [6, 6.07) is 11.6. The monoisotopic (exact) mass is 255 g/mol. The number of carbonyl (C=O) groups is 1. The molecule has 2 rings (SSSR count). The second-order valence-electron chi connectivity index (χ2n) is 4.39. The number of anilines is 1. The minimum absolute atomic E-state index is 0.0660. The zero-order valence-corrected chi connectivity index (χ0v) is 11.4. The SMILES string of the molecule is CCc1ccccc1NC(=O)c1ccc[n+](CC)c1. The van der Waals surface area contributed by atoms with Crippen molar-refractivity contribution < 1.29 is 9.36 Å². The number of aryl methyl sites for hydroxylation is 2. The molecule has 0 bridgehead atoms. The summed E-state index contributed by atoms with van der Waals surface area (Å²) >= 11 is 0. The Morgan fingerprint density at radius 3 is 2.68 bits per heavy atom. The molecule has 1 aromatic heterocycles. The van der Waals surface area contributed by atoms with Crippen LogP contribution in [-0.4, -0.2) is 5.91 Å². The minimum Gasteiger partial charge on any atom is -0.322 e. The molecule has 0 aliphatic carbocycles. The first-order valence-corrected chi connectivity index (χ1v) is 6.63. The van der Waals surface area contributed by atoms with Crippen molar-refractivity contribution in [2.24, 2.45) is 0 Å². The van der Waals surface area contributed by atoms with Gasteiger partial charge in [0.15, 0.2) is 12.4 Å². The zero-order valence-electron chi connectivity index (χ0n) is 11.4. The summed E-state index contributed by atoms with van der Waals surface area (Å²) in [5, 5.41) is 2.98. The normalized spacial score (nSPS) is 10.2. The summed E-state index contributed by atoms with van der Waals surface area (Å²) in [4.78, 5) is 12.2. The highest BCUT2D eigenvalue weighted by atomic mass is 16.1. The lowest BCUT2D eigenvalue weighted by Crippen LogP contribution is -2.32. The van der Waals surface area contributed by atoms with Crippen LogP contribution in [0, 0.1) is 0 Å². The zero-order chi connectivity index (χ0) is 13.7. The predicted molar refractivity (Wildman–Crippen MR) is 76.1 cm³/mol. The molecule has 0 spiro atoms. The summed E-state index contributed by atoms with van der Waals surface area (Å²) in [6.07, 6.45) is 4.72. The fourth-order valence-electron chi connectivity index (χ4n) is 2.00. The number of hydrogen-bond donors (Lipinski definition) is 1. The van der Waals surface area contributed by atoms with E-state index < -0.39 is 0 Å². The summed E-state index contributed by atoms with van der Waals surface area (Å²) in [5.74, 6) is -0.0660. The van der Waals surface area contributed by atoms with E-state index in [-0.39, 0.29) is 5.91 Å². The third-order valence-electron chi connectivity index (χ3n) is 3.13. The lowest BCUT2D eigenvalue weighted by Gasteiger charge is -2.09. The smallest absolute Gasteiger partial charge is 0.261 e. The van der Waals surface area contributed by atoms with Gasteiger partial charge in [-0.25, -0.2) is 4.57 Å². The van der Waals surface area contributed by atoms with E-state index in [4.69, 9.17) is 0 Å². The Morgan fingerprint density at radius 1 is 1.16 bits per heavy atom. The van der Waals surface area contributed by atoms with Crippen LogP contribution in [-0.2, 0) is 13.0 Å². The van der Waals surface area contributed by atoms with Gasteiger partial charge in [0.2, 0.25) is 0 Å². The molecule has 3 nitrogen and oxygen atoms in total. The van der Waals surface area contributed by atoms with E-state index in [2.05, 4.69) is 12.2 Å². The van der Waals surface area contributed by atoms with Gasteiger partial charge in [0.05, 0.1) is 0 Å². The van der Waals surface area contributed by atoms with E-state index in [1.165, 1.54) is 0 Å². The van der Waals surface area contributed by atoms with Gasteiger partial charge >= 0.3 is 0 Å². The van der Waals surface area contributed by atoms with Crippen LogP contribution in [0.3, 0.4) is 0 Å². The standard InChI is InChI=1S/C16H18N2O/c1-3-13-8-5-6-10-15(13)17-16(19)14-9-7-11-18(4-2)12-14/h5-12H,3-4H2,1-2H3/p+1. The first-order chi connectivity index (χ1) is 9.24. The highest BCUT2D eigenvalue weighted by Gasteiger charge is 2.11. The molecule has 0 aliphatic heterocycles. The van der Waals surface area contributed by atoms with Crippen LogP contribution in [0.25, 0.3) is 0 Å². The maximum absolute atomic E-state index is 12.2. The van der Waals surface area contributed by atoms with Crippen molar-refractivity contribution >= 4 is 11.6 Å². The van der Waals surface area contributed by atoms with E-state index in [0.29, 0.717) is 5.56 Å². The number of benzene rings is 1. The van der Waals surface area contributed by atoms with Gasteiger partial charge in [0.25, 0.3) is 5.91 Å². The Bertz CT molecular complexity index is 578.